The number of ether oxygens (including phenoxy) is 1. The van der Waals surface area contributed by atoms with Gasteiger partial charge in [0.15, 0.2) is 0 Å². The summed E-state index contributed by atoms with van der Waals surface area (Å²) in [5.74, 6) is 0.870. The average molecular weight is 283 g/mol. The van der Waals surface area contributed by atoms with Gasteiger partial charge in [-0.05, 0) is 61.1 Å². The Morgan fingerprint density at radius 1 is 1.14 bits per heavy atom. The molecule has 0 radical (unpaired) electrons. The molecule has 0 saturated heterocycles. The van der Waals surface area contributed by atoms with Crippen LogP contribution >= 0.6 is 0 Å². The number of hydrogen-bond acceptors (Lipinski definition) is 2. The lowest BCUT2D eigenvalue weighted by molar-refractivity contribution is 0.121. The molecule has 112 valence electrons. The highest BCUT2D eigenvalue weighted by Gasteiger charge is 2.20. The van der Waals surface area contributed by atoms with Crippen LogP contribution in [0, 0.1) is 5.92 Å². The highest BCUT2D eigenvalue weighted by atomic mass is 16.5. The fourth-order valence-corrected chi connectivity index (χ4v) is 2.62. The van der Waals surface area contributed by atoms with Crippen LogP contribution in [0.25, 0.3) is 10.8 Å². The fraction of sp³-hybridized carbons (Fsp3) is 0.474. The molecule has 1 fully saturated rings. The summed E-state index contributed by atoms with van der Waals surface area (Å²) in [6, 6.07) is 15.6. The standard InChI is InChI=1S/C19H25NO/c1-15(20-11-4-12-21-14-16-7-8-16)18-10-9-17-5-2-3-6-19(17)13-18/h2-3,5-6,9-10,13,15-16,20H,4,7-8,11-12,14H2,1H3. The van der Waals surface area contributed by atoms with E-state index in [0.717, 1.165) is 32.1 Å². The Labute approximate surface area is 127 Å². The third-order valence-electron chi connectivity index (χ3n) is 4.24. The molecule has 1 saturated carbocycles. The van der Waals surface area contributed by atoms with E-state index in [1.54, 1.807) is 0 Å². The molecule has 0 heterocycles. The highest BCUT2D eigenvalue weighted by molar-refractivity contribution is 5.83. The Morgan fingerprint density at radius 2 is 1.95 bits per heavy atom. The maximum atomic E-state index is 5.66. The zero-order chi connectivity index (χ0) is 14.5. The lowest BCUT2D eigenvalue weighted by atomic mass is 10.0. The van der Waals surface area contributed by atoms with Gasteiger partial charge >= 0.3 is 0 Å². The molecular weight excluding hydrogens is 258 g/mol. The normalized spacial score (nSPS) is 16.2. The summed E-state index contributed by atoms with van der Waals surface area (Å²) in [5, 5.41) is 6.21. The molecule has 3 rings (SSSR count). The Bertz CT molecular complexity index is 577. The summed E-state index contributed by atoms with van der Waals surface area (Å²) >= 11 is 0. The van der Waals surface area contributed by atoms with Crippen LogP contribution in [0.1, 0.15) is 37.8 Å². The van der Waals surface area contributed by atoms with E-state index >= 15 is 0 Å². The first-order valence-electron chi connectivity index (χ1n) is 8.13. The van der Waals surface area contributed by atoms with Gasteiger partial charge in [-0.3, -0.25) is 0 Å². The summed E-state index contributed by atoms with van der Waals surface area (Å²) in [7, 11) is 0. The van der Waals surface area contributed by atoms with Gasteiger partial charge in [0.2, 0.25) is 0 Å². The van der Waals surface area contributed by atoms with E-state index in [9.17, 15) is 0 Å². The molecule has 21 heavy (non-hydrogen) atoms. The van der Waals surface area contributed by atoms with E-state index in [2.05, 4.69) is 54.7 Å². The van der Waals surface area contributed by atoms with Gasteiger partial charge in [0.25, 0.3) is 0 Å². The first-order valence-corrected chi connectivity index (χ1v) is 8.13. The molecule has 1 atom stereocenters. The summed E-state index contributed by atoms with van der Waals surface area (Å²) < 4.78 is 5.66. The minimum absolute atomic E-state index is 0.387. The zero-order valence-electron chi connectivity index (χ0n) is 12.8. The summed E-state index contributed by atoms with van der Waals surface area (Å²) in [6.07, 6.45) is 3.83. The minimum atomic E-state index is 0.387. The fourth-order valence-electron chi connectivity index (χ4n) is 2.62. The van der Waals surface area contributed by atoms with E-state index in [-0.39, 0.29) is 0 Å². The maximum absolute atomic E-state index is 5.66. The molecule has 2 nitrogen and oxygen atoms in total. The SMILES string of the molecule is CC(NCCCOCC1CC1)c1ccc2ccccc2c1. The van der Waals surface area contributed by atoms with Crippen molar-refractivity contribution in [3.8, 4) is 0 Å². The largest absolute Gasteiger partial charge is 0.381 e. The first kappa shape index (κ1) is 14.6. The van der Waals surface area contributed by atoms with Crippen LogP contribution in [-0.4, -0.2) is 19.8 Å². The second-order valence-corrected chi connectivity index (χ2v) is 6.15. The van der Waals surface area contributed by atoms with Crippen molar-refractivity contribution in [1.82, 2.24) is 5.32 Å². The molecule has 0 aromatic heterocycles. The molecule has 1 unspecified atom stereocenters. The molecule has 0 bridgehead atoms. The van der Waals surface area contributed by atoms with E-state index in [0.29, 0.717) is 6.04 Å². The van der Waals surface area contributed by atoms with E-state index in [4.69, 9.17) is 4.74 Å². The molecule has 2 aromatic carbocycles. The molecule has 1 N–H and O–H groups in total. The van der Waals surface area contributed by atoms with Crippen molar-refractivity contribution in [3.05, 3.63) is 48.0 Å². The predicted octanol–water partition coefficient (Wildman–Crippen LogP) is 4.31. The van der Waals surface area contributed by atoms with Gasteiger partial charge < -0.3 is 10.1 Å². The van der Waals surface area contributed by atoms with Crippen molar-refractivity contribution in [2.45, 2.75) is 32.2 Å². The molecule has 0 aliphatic heterocycles. The number of benzene rings is 2. The van der Waals surface area contributed by atoms with Crippen LogP contribution in [-0.2, 0) is 4.74 Å². The van der Waals surface area contributed by atoms with Gasteiger partial charge in [0.1, 0.15) is 0 Å². The van der Waals surface area contributed by atoms with Crippen LogP contribution in [0.3, 0.4) is 0 Å². The molecule has 1 aliphatic carbocycles. The van der Waals surface area contributed by atoms with E-state index in [1.807, 2.05) is 0 Å². The van der Waals surface area contributed by atoms with Crippen LogP contribution < -0.4 is 5.32 Å². The second kappa shape index (κ2) is 7.06. The summed E-state index contributed by atoms with van der Waals surface area (Å²) in [6.45, 7) is 5.10. The van der Waals surface area contributed by atoms with Gasteiger partial charge in [-0.15, -0.1) is 0 Å². The number of rotatable bonds is 8. The number of hydrogen-bond donors (Lipinski definition) is 1. The van der Waals surface area contributed by atoms with Crippen LogP contribution in [0.5, 0.6) is 0 Å². The lowest BCUT2D eigenvalue weighted by Crippen LogP contribution is -2.21. The zero-order valence-corrected chi connectivity index (χ0v) is 12.8. The second-order valence-electron chi connectivity index (χ2n) is 6.15. The third kappa shape index (κ3) is 4.29. The highest BCUT2D eigenvalue weighted by Crippen LogP contribution is 2.28. The van der Waals surface area contributed by atoms with Crippen molar-refractivity contribution in [1.29, 1.82) is 0 Å². The molecule has 0 amide bonds. The predicted molar refractivity (Wildman–Crippen MR) is 88.5 cm³/mol. The molecule has 0 spiro atoms. The molecule has 1 aliphatic rings. The lowest BCUT2D eigenvalue weighted by Gasteiger charge is -2.15. The van der Waals surface area contributed by atoms with Crippen LogP contribution in [0.2, 0.25) is 0 Å². The number of fused-ring (bicyclic) bond motifs is 1. The first-order chi connectivity index (χ1) is 10.3. The monoisotopic (exact) mass is 283 g/mol. The van der Waals surface area contributed by atoms with Crippen molar-refractivity contribution in [3.63, 3.8) is 0 Å². The van der Waals surface area contributed by atoms with Crippen molar-refractivity contribution in [2.24, 2.45) is 5.92 Å². The Morgan fingerprint density at radius 3 is 2.76 bits per heavy atom. The smallest absolute Gasteiger partial charge is 0.0494 e. The summed E-state index contributed by atoms with van der Waals surface area (Å²) in [4.78, 5) is 0. The van der Waals surface area contributed by atoms with Gasteiger partial charge in [-0.1, -0.05) is 36.4 Å². The van der Waals surface area contributed by atoms with Crippen LogP contribution in [0.15, 0.2) is 42.5 Å². The minimum Gasteiger partial charge on any atom is -0.381 e. The van der Waals surface area contributed by atoms with Crippen molar-refractivity contribution in [2.75, 3.05) is 19.8 Å². The van der Waals surface area contributed by atoms with Gasteiger partial charge in [0, 0.05) is 19.3 Å². The van der Waals surface area contributed by atoms with Crippen molar-refractivity contribution >= 4 is 10.8 Å². The molecule has 2 heteroatoms. The number of nitrogens with one attached hydrogen (secondary N) is 1. The maximum Gasteiger partial charge on any atom is 0.0494 e. The Balaban J connectivity index is 1.43. The molecular formula is C19H25NO. The Hall–Kier alpha value is -1.38. The van der Waals surface area contributed by atoms with Crippen molar-refractivity contribution < 1.29 is 4.74 Å². The van der Waals surface area contributed by atoms with Crippen LogP contribution in [0.4, 0.5) is 0 Å². The van der Waals surface area contributed by atoms with Gasteiger partial charge in [-0.2, -0.15) is 0 Å². The average Bonchev–Trinajstić information content (AvgIpc) is 3.34. The van der Waals surface area contributed by atoms with Gasteiger partial charge in [0.05, 0.1) is 0 Å². The van der Waals surface area contributed by atoms with Gasteiger partial charge in [-0.25, -0.2) is 0 Å². The molecule has 2 aromatic rings. The van der Waals surface area contributed by atoms with E-state index < -0.39 is 0 Å². The Kier molecular flexibility index (Phi) is 4.89. The quantitative estimate of drug-likeness (QED) is 0.729. The van der Waals surface area contributed by atoms with E-state index in [1.165, 1.54) is 29.2 Å². The third-order valence-corrected chi connectivity index (χ3v) is 4.24. The topological polar surface area (TPSA) is 21.3 Å². The summed E-state index contributed by atoms with van der Waals surface area (Å²) in [5.41, 5.74) is 1.35.